The highest BCUT2D eigenvalue weighted by atomic mass is 32.1. The van der Waals surface area contributed by atoms with Crippen LogP contribution in [0, 0.1) is 0 Å². The summed E-state index contributed by atoms with van der Waals surface area (Å²) in [4.78, 5) is 0. The van der Waals surface area contributed by atoms with Gasteiger partial charge in [0.15, 0.2) is 5.11 Å². The second-order valence-corrected chi connectivity index (χ2v) is 6.26. The molecule has 0 radical (unpaired) electrons. The summed E-state index contributed by atoms with van der Waals surface area (Å²) in [7, 11) is 0. The summed E-state index contributed by atoms with van der Waals surface area (Å²) in [6, 6.07) is 19.2. The monoisotopic (exact) mass is 312 g/mol. The fraction of sp³-hybridized carbons (Fsp3) is 0.316. The van der Waals surface area contributed by atoms with Crippen LogP contribution in [0.5, 0.6) is 0 Å². The van der Waals surface area contributed by atoms with Gasteiger partial charge in [0.05, 0.1) is 6.04 Å². The molecule has 0 amide bonds. The van der Waals surface area contributed by atoms with Gasteiger partial charge >= 0.3 is 0 Å². The van der Waals surface area contributed by atoms with Gasteiger partial charge in [-0.15, -0.1) is 0 Å². The van der Waals surface area contributed by atoms with Gasteiger partial charge in [-0.1, -0.05) is 68.4 Å². The van der Waals surface area contributed by atoms with E-state index in [2.05, 4.69) is 67.8 Å². The Morgan fingerprint density at radius 1 is 0.909 bits per heavy atom. The minimum Gasteiger partial charge on any atom is -0.359 e. The number of hydrogen-bond donors (Lipinski definition) is 2. The lowest BCUT2D eigenvalue weighted by atomic mass is 10.00. The summed E-state index contributed by atoms with van der Waals surface area (Å²) in [5, 5.41) is 7.27. The van der Waals surface area contributed by atoms with Crippen LogP contribution in [-0.4, -0.2) is 5.11 Å². The molecule has 0 heterocycles. The summed E-state index contributed by atoms with van der Waals surface area (Å²) in [6.07, 6.45) is 0. The van der Waals surface area contributed by atoms with Gasteiger partial charge in [0.25, 0.3) is 0 Å². The molecule has 3 heteroatoms. The topological polar surface area (TPSA) is 24.1 Å². The molecular weight excluding hydrogens is 288 g/mol. The summed E-state index contributed by atoms with van der Waals surface area (Å²) in [5.41, 5.74) is 3.83. The summed E-state index contributed by atoms with van der Waals surface area (Å²) >= 11 is 5.37. The highest BCUT2D eigenvalue weighted by Crippen LogP contribution is 2.18. The van der Waals surface area contributed by atoms with Gasteiger partial charge in [0.1, 0.15) is 0 Å². The van der Waals surface area contributed by atoms with E-state index in [-0.39, 0.29) is 6.04 Å². The Bertz CT molecular complexity index is 591. The lowest BCUT2D eigenvalue weighted by molar-refractivity contribution is 0.696. The van der Waals surface area contributed by atoms with Crippen LogP contribution in [-0.2, 0) is 6.54 Å². The molecule has 0 aliphatic heterocycles. The van der Waals surface area contributed by atoms with E-state index in [0.717, 1.165) is 6.54 Å². The van der Waals surface area contributed by atoms with E-state index in [4.69, 9.17) is 12.2 Å². The van der Waals surface area contributed by atoms with Crippen molar-refractivity contribution in [1.29, 1.82) is 0 Å². The van der Waals surface area contributed by atoms with Gasteiger partial charge < -0.3 is 10.6 Å². The first-order chi connectivity index (χ1) is 10.6. The van der Waals surface area contributed by atoms with E-state index < -0.39 is 0 Å². The Balaban J connectivity index is 1.85. The van der Waals surface area contributed by atoms with E-state index in [1.54, 1.807) is 0 Å². The molecule has 1 atom stereocenters. The van der Waals surface area contributed by atoms with Gasteiger partial charge in [-0.2, -0.15) is 0 Å². The first-order valence-electron chi connectivity index (χ1n) is 7.74. The normalized spacial score (nSPS) is 12.0. The molecule has 1 unspecified atom stereocenters. The Morgan fingerprint density at radius 3 is 2.09 bits per heavy atom. The van der Waals surface area contributed by atoms with Crippen LogP contribution in [0.15, 0.2) is 54.6 Å². The van der Waals surface area contributed by atoms with E-state index in [1.165, 1.54) is 16.7 Å². The lowest BCUT2D eigenvalue weighted by Gasteiger charge is -2.18. The van der Waals surface area contributed by atoms with Crippen molar-refractivity contribution in [2.24, 2.45) is 0 Å². The summed E-state index contributed by atoms with van der Waals surface area (Å²) < 4.78 is 0. The molecule has 0 spiro atoms. The number of hydrogen-bond acceptors (Lipinski definition) is 1. The Kier molecular flexibility index (Phi) is 5.96. The summed E-state index contributed by atoms with van der Waals surface area (Å²) in [5.74, 6) is 0.561. The van der Waals surface area contributed by atoms with Crippen molar-refractivity contribution in [3.8, 4) is 0 Å². The quantitative estimate of drug-likeness (QED) is 0.793. The molecule has 0 aromatic heterocycles. The van der Waals surface area contributed by atoms with Crippen LogP contribution in [0.4, 0.5) is 0 Å². The third-order valence-electron chi connectivity index (χ3n) is 3.75. The van der Waals surface area contributed by atoms with Crippen molar-refractivity contribution in [2.75, 3.05) is 0 Å². The summed E-state index contributed by atoms with van der Waals surface area (Å²) in [6.45, 7) is 7.28. The molecule has 0 saturated carbocycles. The average molecular weight is 312 g/mol. The minimum absolute atomic E-state index is 0.192. The van der Waals surface area contributed by atoms with Crippen LogP contribution in [0.2, 0.25) is 0 Å². The smallest absolute Gasteiger partial charge is 0.167 e. The molecule has 0 saturated heterocycles. The standard InChI is InChI=1S/C19H24N2S/c1-14(2)17-9-11-18(12-10-17)15(3)21-19(22)20-13-16-7-5-4-6-8-16/h4-12,14-15H,13H2,1-3H3,(H2,20,21,22). The highest BCUT2D eigenvalue weighted by Gasteiger charge is 2.07. The van der Waals surface area contributed by atoms with Crippen LogP contribution in [0.25, 0.3) is 0 Å². The maximum atomic E-state index is 5.37. The lowest BCUT2D eigenvalue weighted by Crippen LogP contribution is -2.36. The molecule has 2 aromatic carbocycles. The van der Waals surface area contributed by atoms with Crippen molar-refractivity contribution < 1.29 is 0 Å². The molecule has 0 aliphatic carbocycles. The van der Waals surface area contributed by atoms with Gasteiger partial charge in [0.2, 0.25) is 0 Å². The first-order valence-corrected chi connectivity index (χ1v) is 8.15. The van der Waals surface area contributed by atoms with Crippen LogP contribution < -0.4 is 10.6 Å². The molecule has 2 rings (SSSR count). The van der Waals surface area contributed by atoms with Crippen molar-refractivity contribution >= 4 is 17.3 Å². The Morgan fingerprint density at radius 2 is 1.50 bits per heavy atom. The third-order valence-corrected chi connectivity index (χ3v) is 4.01. The molecule has 22 heavy (non-hydrogen) atoms. The average Bonchev–Trinajstić information content (AvgIpc) is 2.54. The Hall–Kier alpha value is -1.87. The minimum atomic E-state index is 0.192. The van der Waals surface area contributed by atoms with E-state index >= 15 is 0 Å². The molecule has 2 N–H and O–H groups in total. The number of nitrogens with one attached hydrogen (secondary N) is 2. The van der Waals surface area contributed by atoms with Gasteiger partial charge in [-0.3, -0.25) is 0 Å². The first kappa shape index (κ1) is 16.5. The largest absolute Gasteiger partial charge is 0.359 e. The van der Waals surface area contributed by atoms with E-state index in [0.29, 0.717) is 11.0 Å². The molecular formula is C19H24N2S. The second kappa shape index (κ2) is 7.95. The second-order valence-electron chi connectivity index (χ2n) is 5.86. The zero-order valence-corrected chi connectivity index (χ0v) is 14.3. The van der Waals surface area contributed by atoms with Gasteiger partial charge in [-0.05, 0) is 41.7 Å². The van der Waals surface area contributed by atoms with Crippen molar-refractivity contribution in [2.45, 2.75) is 39.3 Å². The molecule has 0 aliphatic rings. The molecule has 2 nitrogen and oxygen atoms in total. The molecule has 0 bridgehead atoms. The predicted octanol–water partition coefficient (Wildman–Crippen LogP) is 4.54. The van der Waals surface area contributed by atoms with Crippen LogP contribution in [0.3, 0.4) is 0 Å². The number of rotatable bonds is 5. The molecule has 0 fully saturated rings. The molecule has 116 valence electrons. The number of benzene rings is 2. The fourth-order valence-corrected chi connectivity index (χ4v) is 2.53. The Labute approximate surface area is 139 Å². The zero-order chi connectivity index (χ0) is 15.9. The fourth-order valence-electron chi connectivity index (χ4n) is 2.28. The highest BCUT2D eigenvalue weighted by molar-refractivity contribution is 7.80. The maximum absolute atomic E-state index is 5.37. The predicted molar refractivity (Wildman–Crippen MR) is 98.0 cm³/mol. The van der Waals surface area contributed by atoms with Gasteiger partial charge in [-0.25, -0.2) is 0 Å². The van der Waals surface area contributed by atoms with Crippen molar-refractivity contribution in [3.63, 3.8) is 0 Å². The third kappa shape index (κ3) is 4.85. The number of thiocarbonyl (C=S) groups is 1. The SMILES string of the molecule is CC(C)c1ccc(C(C)NC(=S)NCc2ccccc2)cc1. The van der Waals surface area contributed by atoms with E-state index in [1.807, 2.05) is 18.2 Å². The van der Waals surface area contributed by atoms with Gasteiger partial charge in [0, 0.05) is 6.54 Å². The van der Waals surface area contributed by atoms with Crippen LogP contribution in [0.1, 0.15) is 49.4 Å². The van der Waals surface area contributed by atoms with Crippen molar-refractivity contribution in [1.82, 2.24) is 10.6 Å². The van der Waals surface area contributed by atoms with E-state index in [9.17, 15) is 0 Å². The van der Waals surface area contributed by atoms with Crippen LogP contribution >= 0.6 is 12.2 Å². The maximum Gasteiger partial charge on any atom is 0.167 e. The van der Waals surface area contributed by atoms with Crippen molar-refractivity contribution in [3.05, 3.63) is 71.3 Å². The molecule has 2 aromatic rings. The zero-order valence-electron chi connectivity index (χ0n) is 13.5.